The van der Waals surface area contributed by atoms with Crippen molar-refractivity contribution in [1.29, 1.82) is 0 Å². The lowest BCUT2D eigenvalue weighted by molar-refractivity contribution is -0.132. The molecule has 0 aliphatic carbocycles. The number of carbonyl (C=O) groups excluding carboxylic acids is 1. The number of nitrogens with zero attached hydrogens (tertiary/aromatic N) is 1. The second kappa shape index (κ2) is 6.89. The molecule has 1 unspecified atom stereocenters. The van der Waals surface area contributed by atoms with Crippen LogP contribution in [0.15, 0.2) is 18.2 Å². The Balaban J connectivity index is 2.10. The molecule has 1 aromatic rings. The van der Waals surface area contributed by atoms with E-state index in [1.165, 1.54) is 16.7 Å². The quantitative estimate of drug-likeness (QED) is 0.837. The third-order valence-electron chi connectivity index (χ3n) is 4.40. The van der Waals surface area contributed by atoms with Crippen LogP contribution in [0.3, 0.4) is 0 Å². The van der Waals surface area contributed by atoms with Crippen LogP contribution in [0, 0.1) is 13.8 Å². The molecule has 1 aliphatic heterocycles. The lowest BCUT2D eigenvalue weighted by Crippen LogP contribution is -2.31. The average molecular weight is 274 g/mol. The Bertz CT molecular complexity index is 470. The van der Waals surface area contributed by atoms with Gasteiger partial charge < -0.3 is 10.2 Å². The summed E-state index contributed by atoms with van der Waals surface area (Å²) in [4.78, 5) is 14.5. The maximum atomic E-state index is 12.4. The van der Waals surface area contributed by atoms with Crippen molar-refractivity contribution in [2.75, 3.05) is 20.1 Å². The second-order valence-electron chi connectivity index (χ2n) is 5.74. The summed E-state index contributed by atoms with van der Waals surface area (Å²) in [5, 5.41) is 3.10. The summed E-state index contributed by atoms with van der Waals surface area (Å²) in [5.74, 6) is 0.309. The molecule has 2 rings (SSSR count). The molecule has 110 valence electrons. The minimum atomic E-state index is 0.289. The van der Waals surface area contributed by atoms with Crippen LogP contribution in [0.2, 0.25) is 0 Å². The van der Waals surface area contributed by atoms with E-state index in [0.717, 1.165) is 32.4 Å². The molecule has 0 saturated carbocycles. The summed E-state index contributed by atoms with van der Waals surface area (Å²) in [6.07, 6.45) is 3.80. The fourth-order valence-corrected chi connectivity index (χ4v) is 3.08. The highest BCUT2D eigenvalue weighted by Crippen LogP contribution is 2.34. The molecular formula is C17H26N2O. The zero-order valence-electron chi connectivity index (χ0n) is 12.9. The van der Waals surface area contributed by atoms with Crippen molar-refractivity contribution in [2.45, 2.75) is 45.6 Å². The topological polar surface area (TPSA) is 32.3 Å². The maximum absolute atomic E-state index is 12.4. The van der Waals surface area contributed by atoms with Crippen LogP contribution in [0.4, 0.5) is 0 Å². The molecule has 20 heavy (non-hydrogen) atoms. The predicted molar refractivity (Wildman–Crippen MR) is 82.8 cm³/mol. The molecule has 0 spiro atoms. The van der Waals surface area contributed by atoms with Gasteiger partial charge in [0.15, 0.2) is 0 Å². The van der Waals surface area contributed by atoms with Gasteiger partial charge in [0, 0.05) is 13.0 Å². The highest BCUT2D eigenvalue weighted by molar-refractivity contribution is 5.77. The minimum absolute atomic E-state index is 0.289. The zero-order chi connectivity index (χ0) is 14.5. The number of carbonyl (C=O) groups is 1. The van der Waals surface area contributed by atoms with Crippen molar-refractivity contribution in [3.63, 3.8) is 0 Å². The summed E-state index contributed by atoms with van der Waals surface area (Å²) >= 11 is 0. The molecular weight excluding hydrogens is 248 g/mol. The van der Waals surface area contributed by atoms with Crippen molar-refractivity contribution in [3.8, 4) is 0 Å². The van der Waals surface area contributed by atoms with Gasteiger partial charge in [0.05, 0.1) is 6.04 Å². The molecule has 1 heterocycles. The molecule has 1 N–H and O–H groups in total. The molecule has 0 bridgehead atoms. The molecule has 1 amide bonds. The van der Waals surface area contributed by atoms with Crippen LogP contribution in [0.1, 0.15) is 48.4 Å². The van der Waals surface area contributed by atoms with Gasteiger partial charge in [-0.05, 0) is 63.4 Å². The molecule has 1 fully saturated rings. The van der Waals surface area contributed by atoms with E-state index < -0.39 is 0 Å². The number of hydrogen-bond donors (Lipinski definition) is 1. The molecule has 3 nitrogen and oxygen atoms in total. The number of benzene rings is 1. The first-order valence-corrected chi connectivity index (χ1v) is 7.65. The Morgan fingerprint density at radius 3 is 2.95 bits per heavy atom. The first-order valence-electron chi connectivity index (χ1n) is 7.65. The fraction of sp³-hybridized carbons (Fsp3) is 0.588. The van der Waals surface area contributed by atoms with Gasteiger partial charge in [-0.25, -0.2) is 0 Å². The summed E-state index contributed by atoms with van der Waals surface area (Å²) in [6.45, 7) is 6.14. The Hall–Kier alpha value is -1.35. The highest BCUT2D eigenvalue weighted by atomic mass is 16.2. The zero-order valence-corrected chi connectivity index (χ0v) is 12.9. The van der Waals surface area contributed by atoms with Gasteiger partial charge in [-0.15, -0.1) is 0 Å². The summed E-state index contributed by atoms with van der Waals surface area (Å²) in [5.41, 5.74) is 3.99. The van der Waals surface area contributed by atoms with Gasteiger partial charge in [-0.3, -0.25) is 4.79 Å². The number of hydrogen-bond acceptors (Lipinski definition) is 2. The van der Waals surface area contributed by atoms with E-state index in [4.69, 9.17) is 0 Å². The first kappa shape index (κ1) is 15.0. The average Bonchev–Trinajstić information content (AvgIpc) is 2.91. The number of likely N-dealkylation sites (tertiary alicyclic amines) is 1. The standard InChI is InChI=1S/C17H26N2O/c1-13-7-4-8-15(14(13)2)16-9-6-12-19(16)17(20)10-5-11-18-3/h4,7-8,16,18H,5-6,9-12H2,1-3H3. The van der Waals surface area contributed by atoms with Crippen LogP contribution in [0.5, 0.6) is 0 Å². The Kier molecular flexibility index (Phi) is 5.18. The van der Waals surface area contributed by atoms with Crippen molar-refractivity contribution in [1.82, 2.24) is 10.2 Å². The number of amides is 1. The van der Waals surface area contributed by atoms with E-state index in [-0.39, 0.29) is 6.04 Å². The highest BCUT2D eigenvalue weighted by Gasteiger charge is 2.30. The maximum Gasteiger partial charge on any atom is 0.223 e. The van der Waals surface area contributed by atoms with Crippen LogP contribution in [-0.4, -0.2) is 30.9 Å². The lowest BCUT2D eigenvalue weighted by Gasteiger charge is -2.27. The smallest absolute Gasteiger partial charge is 0.223 e. The fourth-order valence-electron chi connectivity index (χ4n) is 3.08. The van der Waals surface area contributed by atoms with Crippen LogP contribution >= 0.6 is 0 Å². The Morgan fingerprint density at radius 1 is 1.40 bits per heavy atom. The van der Waals surface area contributed by atoms with E-state index >= 15 is 0 Å². The monoisotopic (exact) mass is 274 g/mol. The summed E-state index contributed by atoms with van der Waals surface area (Å²) in [7, 11) is 1.93. The molecule has 3 heteroatoms. The Morgan fingerprint density at radius 2 is 2.20 bits per heavy atom. The molecule has 1 aliphatic rings. The molecule has 1 atom stereocenters. The van der Waals surface area contributed by atoms with Crippen molar-refractivity contribution in [3.05, 3.63) is 34.9 Å². The van der Waals surface area contributed by atoms with E-state index in [9.17, 15) is 4.79 Å². The van der Waals surface area contributed by atoms with Gasteiger partial charge in [0.2, 0.25) is 5.91 Å². The van der Waals surface area contributed by atoms with E-state index in [2.05, 4.69) is 42.3 Å². The number of aryl methyl sites for hydroxylation is 1. The third-order valence-corrected chi connectivity index (χ3v) is 4.40. The van der Waals surface area contributed by atoms with E-state index in [1.807, 2.05) is 7.05 Å². The SMILES string of the molecule is CNCCCC(=O)N1CCCC1c1cccc(C)c1C. The van der Waals surface area contributed by atoms with Crippen LogP contribution in [-0.2, 0) is 4.79 Å². The van der Waals surface area contributed by atoms with Gasteiger partial charge in [-0.1, -0.05) is 18.2 Å². The normalized spacial score (nSPS) is 18.6. The molecule has 0 radical (unpaired) electrons. The van der Waals surface area contributed by atoms with Crippen molar-refractivity contribution in [2.24, 2.45) is 0 Å². The van der Waals surface area contributed by atoms with Gasteiger partial charge >= 0.3 is 0 Å². The summed E-state index contributed by atoms with van der Waals surface area (Å²) in [6, 6.07) is 6.73. The number of rotatable bonds is 5. The van der Waals surface area contributed by atoms with Gasteiger partial charge in [-0.2, -0.15) is 0 Å². The lowest BCUT2D eigenvalue weighted by atomic mass is 9.96. The Labute approximate surface area is 122 Å². The van der Waals surface area contributed by atoms with Crippen LogP contribution < -0.4 is 5.32 Å². The van der Waals surface area contributed by atoms with Crippen molar-refractivity contribution >= 4 is 5.91 Å². The third kappa shape index (κ3) is 3.21. The van der Waals surface area contributed by atoms with Crippen LogP contribution in [0.25, 0.3) is 0 Å². The predicted octanol–water partition coefficient (Wildman–Crippen LogP) is 2.97. The van der Waals surface area contributed by atoms with E-state index in [1.54, 1.807) is 0 Å². The number of nitrogens with one attached hydrogen (secondary N) is 1. The summed E-state index contributed by atoms with van der Waals surface area (Å²) < 4.78 is 0. The first-order chi connectivity index (χ1) is 9.65. The molecule has 0 aromatic heterocycles. The van der Waals surface area contributed by atoms with Gasteiger partial charge in [0.25, 0.3) is 0 Å². The van der Waals surface area contributed by atoms with E-state index in [0.29, 0.717) is 12.3 Å². The molecule has 1 aromatic carbocycles. The minimum Gasteiger partial charge on any atom is -0.336 e. The second-order valence-corrected chi connectivity index (χ2v) is 5.74. The largest absolute Gasteiger partial charge is 0.336 e. The van der Waals surface area contributed by atoms with Crippen molar-refractivity contribution < 1.29 is 4.79 Å². The van der Waals surface area contributed by atoms with Gasteiger partial charge in [0.1, 0.15) is 0 Å². The molecule has 1 saturated heterocycles.